The van der Waals surface area contributed by atoms with Gasteiger partial charge in [-0.25, -0.2) is 9.97 Å². The Labute approximate surface area is 190 Å². The molecule has 32 heavy (non-hydrogen) atoms. The molecule has 1 aromatic carbocycles. The maximum absolute atomic E-state index is 12.7. The van der Waals surface area contributed by atoms with Gasteiger partial charge in [-0.05, 0) is 24.3 Å². The Morgan fingerprint density at radius 1 is 1.19 bits per heavy atom. The summed E-state index contributed by atoms with van der Waals surface area (Å²) in [5.74, 6) is 2.18. The van der Waals surface area contributed by atoms with E-state index in [4.69, 9.17) is 4.98 Å². The van der Waals surface area contributed by atoms with Crippen molar-refractivity contribution >= 4 is 17.6 Å². The number of carbonyl (C=O) groups excluding carboxylic acids is 2. The second-order valence-electron chi connectivity index (χ2n) is 9.11. The van der Waals surface area contributed by atoms with Crippen molar-refractivity contribution in [2.24, 2.45) is 5.92 Å². The Balaban J connectivity index is 1.43. The largest absolute Gasteiger partial charge is 0.373 e. The number of amides is 2. The van der Waals surface area contributed by atoms with Crippen LogP contribution in [0.25, 0.3) is 0 Å². The second kappa shape index (κ2) is 10.1. The Bertz CT molecular complexity index is 943. The Morgan fingerprint density at radius 3 is 2.66 bits per heavy atom. The lowest BCUT2D eigenvalue weighted by Gasteiger charge is -2.20. The predicted molar refractivity (Wildman–Crippen MR) is 124 cm³/mol. The lowest BCUT2D eigenvalue weighted by molar-refractivity contribution is -0.131. The zero-order valence-electron chi connectivity index (χ0n) is 19.1. The Morgan fingerprint density at radius 2 is 1.94 bits per heavy atom. The van der Waals surface area contributed by atoms with E-state index < -0.39 is 0 Å². The van der Waals surface area contributed by atoms with Crippen LogP contribution in [0.1, 0.15) is 61.5 Å². The molecule has 1 unspecified atom stereocenters. The molecule has 2 amide bonds. The normalized spacial score (nSPS) is 18.9. The summed E-state index contributed by atoms with van der Waals surface area (Å²) < 4.78 is 0. The maximum Gasteiger partial charge on any atom is 0.223 e. The van der Waals surface area contributed by atoms with Crippen LogP contribution in [-0.4, -0.2) is 52.2 Å². The molecule has 7 nitrogen and oxygen atoms in total. The molecule has 7 heteroatoms. The van der Waals surface area contributed by atoms with Crippen LogP contribution in [0.15, 0.2) is 36.4 Å². The first kappa shape index (κ1) is 22.2. The van der Waals surface area contributed by atoms with Crippen molar-refractivity contribution in [3.8, 4) is 0 Å². The summed E-state index contributed by atoms with van der Waals surface area (Å²) in [5.41, 5.74) is 1.99. The summed E-state index contributed by atoms with van der Waals surface area (Å²) in [5, 5.41) is 3.10. The number of aromatic nitrogens is 2. The average Bonchev–Trinajstić information content (AvgIpc) is 3.44. The van der Waals surface area contributed by atoms with E-state index in [0.29, 0.717) is 44.2 Å². The number of hydrogen-bond donors (Lipinski definition) is 1. The van der Waals surface area contributed by atoms with Crippen LogP contribution in [0.5, 0.6) is 0 Å². The van der Waals surface area contributed by atoms with Crippen molar-refractivity contribution in [1.29, 1.82) is 0 Å². The number of benzene rings is 1. The van der Waals surface area contributed by atoms with Crippen molar-refractivity contribution in [2.45, 2.75) is 57.5 Å². The van der Waals surface area contributed by atoms with Gasteiger partial charge in [-0.3, -0.25) is 9.59 Å². The summed E-state index contributed by atoms with van der Waals surface area (Å²) in [6, 6.07) is 12.0. The van der Waals surface area contributed by atoms with Crippen molar-refractivity contribution in [3.05, 3.63) is 53.5 Å². The maximum atomic E-state index is 12.7. The van der Waals surface area contributed by atoms with Gasteiger partial charge in [0.25, 0.3) is 0 Å². The van der Waals surface area contributed by atoms with Crippen molar-refractivity contribution in [3.63, 3.8) is 0 Å². The number of nitrogens with one attached hydrogen (secondary N) is 1. The molecule has 2 aliphatic rings. The van der Waals surface area contributed by atoms with E-state index in [1.807, 2.05) is 55.4 Å². The van der Waals surface area contributed by atoms with Gasteiger partial charge in [0.1, 0.15) is 11.6 Å². The van der Waals surface area contributed by atoms with E-state index >= 15 is 0 Å². The number of carbonyl (C=O) groups is 2. The molecule has 1 saturated heterocycles. The highest BCUT2D eigenvalue weighted by Crippen LogP contribution is 2.30. The fraction of sp³-hybridized carbons (Fsp3) is 0.520. The van der Waals surface area contributed by atoms with E-state index in [1.54, 1.807) is 4.90 Å². The van der Waals surface area contributed by atoms with E-state index in [0.717, 1.165) is 29.9 Å². The Kier molecular flexibility index (Phi) is 7.02. The van der Waals surface area contributed by atoms with E-state index in [1.165, 1.54) is 12.8 Å². The smallest absolute Gasteiger partial charge is 0.223 e. The molecule has 1 aromatic heterocycles. The number of rotatable bonds is 8. The van der Waals surface area contributed by atoms with E-state index in [-0.39, 0.29) is 17.7 Å². The quantitative estimate of drug-likeness (QED) is 0.686. The van der Waals surface area contributed by atoms with Crippen molar-refractivity contribution in [2.75, 3.05) is 26.0 Å². The topological polar surface area (TPSA) is 78.4 Å². The first-order valence-electron chi connectivity index (χ1n) is 11.6. The third-order valence-electron chi connectivity index (χ3n) is 6.64. The lowest BCUT2D eigenvalue weighted by Crippen LogP contribution is -2.29. The van der Waals surface area contributed by atoms with Gasteiger partial charge in [-0.15, -0.1) is 0 Å². The molecular formula is C25H33N5O2. The Hall–Kier alpha value is -2.96. The molecule has 0 bridgehead atoms. The van der Waals surface area contributed by atoms with Gasteiger partial charge in [0.05, 0.1) is 12.2 Å². The van der Waals surface area contributed by atoms with Gasteiger partial charge in [0.2, 0.25) is 11.8 Å². The number of hydrogen-bond acceptors (Lipinski definition) is 5. The number of nitrogens with zero attached hydrogens (tertiary/aromatic N) is 4. The minimum Gasteiger partial charge on any atom is -0.373 e. The molecule has 2 aromatic rings. The predicted octanol–water partition coefficient (Wildman–Crippen LogP) is 3.57. The number of likely N-dealkylation sites (tertiary alicyclic amines) is 1. The summed E-state index contributed by atoms with van der Waals surface area (Å²) in [4.78, 5) is 38.3. The minimum atomic E-state index is 0.0274. The monoisotopic (exact) mass is 435 g/mol. The van der Waals surface area contributed by atoms with Crippen molar-refractivity contribution in [1.82, 2.24) is 19.8 Å². The highest BCUT2D eigenvalue weighted by atomic mass is 16.2. The van der Waals surface area contributed by atoms with Crippen LogP contribution in [0.3, 0.4) is 0 Å². The first-order valence-corrected chi connectivity index (χ1v) is 11.6. The molecule has 0 spiro atoms. The molecule has 1 saturated carbocycles. The highest BCUT2D eigenvalue weighted by molar-refractivity contribution is 5.79. The van der Waals surface area contributed by atoms with Gasteiger partial charge < -0.3 is 15.1 Å². The summed E-state index contributed by atoms with van der Waals surface area (Å²) >= 11 is 0. The minimum absolute atomic E-state index is 0.0274. The number of anilines is 1. The molecule has 1 atom stereocenters. The zero-order chi connectivity index (χ0) is 22.5. The fourth-order valence-electron chi connectivity index (χ4n) is 4.77. The molecule has 1 N–H and O–H groups in total. The molecule has 4 rings (SSSR count). The van der Waals surface area contributed by atoms with Gasteiger partial charge in [-0.2, -0.15) is 0 Å². The molecular weight excluding hydrogens is 402 g/mol. The molecule has 2 fully saturated rings. The summed E-state index contributed by atoms with van der Waals surface area (Å²) in [7, 11) is 3.65. The zero-order valence-corrected chi connectivity index (χ0v) is 19.1. The van der Waals surface area contributed by atoms with Gasteiger partial charge in [-0.1, -0.05) is 43.2 Å². The molecule has 170 valence electrons. The summed E-state index contributed by atoms with van der Waals surface area (Å²) in [6.45, 7) is 1.64. The molecule has 1 aliphatic heterocycles. The first-order chi connectivity index (χ1) is 15.5. The molecule has 2 heterocycles. The van der Waals surface area contributed by atoms with Crippen LogP contribution in [0.4, 0.5) is 5.82 Å². The van der Waals surface area contributed by atoms with Crippen LogP contribution < -0.4 is 5.32 Å². The van der Waals surface area contributed by atoms with Gasteiger partial charge >= 0.3 is 0 Å². The standard InChI is InChI=1S/C25H33N5O2/c1-26-22-14-21(20-13-25(32)30(16-20)15-19-10-4-3-5-11-19)27-23(28-22)17-29(2)24(31)12-18-8-6-7-9-18/h3-5,10-11,14,18,20H,6-9,12-13,15-17H2,1-2H3,(H,26,27,28). The van der Waals surface area contributed by atoms with E-state index in [9.17, 15) is 9.59 Å². The lowest BCUT2D eigenvalue weighted by atomic mass is 10.0. The SMILES string of the molecule is CNc1cc(C2CC(=O)N(Cc3ccccc3)C2)nc(CN(C)C(=O)CC2CCCC2)n1. The second-order valence-corrected chi connectivity index (χ2v) is 9.11. The van der Waals surface area contributed by atoms with Gasteiger partial charge in [0.15, 0.2) is 0 Å². The highest BCUT2D eigenvalue weighted by Gasteiger charge is 2.32. The van der Waals surface area contributed by atoms with Crippen LogP contribution in [0, 0.1) is 5.92 Å². The van der Waals surface area contributed by atoms with Crippen LogP contribution in [-0.2, 0) is 22.7 Å². The fourth-order valence-corrected chi connectivity index (χ4v) is 4.77. The average molecular weight is 436 g/mol. The van der Waals surface area contributed by atoms with E-state index in [2.05, 4.69) is 10.3 Å². The third kappa shape index (κ3) is 5.44. The van der Waals surface area contributed by atoms with Gasteiger partial charge in [0, 0.05) is 52.0 Å². The van der Waals surface area contributed by atoms with Crippen LogP contribution >= 0.6 is 0 Å². The third-order valence-corrected chi connectivity index (χ3v) is 6.64. The molecule has 1 aliphatic carbocycles. The van der Waals surface area contributed by atoms with Crippen molar-refractivity contribution < 1.29 is 9.59 Å². The summed E-state index contributed by atoms with van der Waals surface area (Å²) in [6.07, 6.45) is 5.85. The molecule has 0 radical (unpaired) electrons. The van der Waals surface area contributed by atoms with Crippen LogP contribution in [0.2, 0.25) is 0 Å².